The summed E-state index contributed by atoms with van der Waals surface area (Å²) in [6.45, 7) is 0. The standard InChI is InChI=1S/C14H14O/c1-15-12-7-8-14-11(9-12)3-2-4-13(14)10-5-6-10/h2-4,7-10H,5-6H2,1H3. The first kappa shape index (κ1) is 8.78. The molecule has 1 aliphatic rings. The second-order valence-electron chi connectivity index (χ2n) is 4.21. The minimum Gasteiger partial charge on any atom is -0.497 e. The van der Waals surface area contributed by atoms with Gasteiger partial charge in [0.1, 0.15) is 5.75 Å². The molecule has 0 saturated heterocycles. The van der Waals surface area contributed by atoms with Gasteiger partial charge in [-0.3, -0.25) is 0 Å². The van der Waals surface area contributed by atoms with Crippen LogP contribution in [0.5, 0.6) is 5.75 Å². The number of ether oxygens (including phenoxy) is 1. The molecule has 0 amide bonds. The smallest absolute Gasteiger partial charge is 0.119 e. The Morgan fingerprint density at radius 3 is 2.73 bits per heavy atom. The molecule has 3 rings (SSSR count). The molecular formula is C14H14O. The summed E-state index contributed by atoms with van der Waals surface area (Å²) in [5.41, 5.74) is 1.51. The maximum Gasteiger partial charge on any atom is 0.119 e. The Labute approximate surface area is 89.7 Å². The molecule has 0 bridgehead atoms. The predicted molar refractivity (Wildman–Crippen MR) is 62.5 cm³/mol. The van der Waals surface area contributed by atoms with Crippen LogP contribution in [0.15, 0.2) is 36.4 Å². The van der Waals surface area contributed by atoms with Crippen molar-refractivity contribution >= 4 is 10.8 Å². The van der Waals surface area contributed by atoms with Crippen molar-refractivity contribution in [3.8, 4) is 5.75 Å². The molecule has 0 spiro atoms. The third kappa shape index (κ3) is 1.48. The van der Waals surface area contributed by atoms with Crippen molar-refractivity contribution in [2.45, 2.75) is 18.8 Å². The molecule has 2 aromatic carbocycles. The van der Waals surface area contributed by atoms with Gasteiger partial charge in [-0.2, -0.15) is 0 Å². The van der Waals surface area contributed by atoms with E-state index in [9.17, 15) is 0 Å². The van der Waals surface area contributed by atoms with E-state index in [0.29, 0.717) is 0 Å². The molecule has 1 nitrogen and oxygen atoms in total. The number of benzene rings is 2. The maximum atomic E-state index is 5.24. The van der Waals surface area contributed by atoms with Gasteiger partial charge in [0.25, 0.3) is 0 Å². The molecule has 1 fully saturated rings. The van der Waals surface area contributed by atoms with E-state index in [1.807, 2.05) is 6.07 Å². The largest absolute Gasteiger partial charge is 0.497 e. The second-order valence-corrected chi connectivity index (χ2v) is 4.21. The van der Waals surface area contributed by atoms with Gasteiger partial charge in [0.05, 0.1) is 7.11 Å². The van der Waals surface area contributed by atoms with Gasteiger partial charge in [-0.25, -0.2) is 0 Å². The van der Waals surface area contributed by atoms with Crippen LogP contribution in [-0.2, 0) is 0 Å². The van der Waals surface area contributed by atoms with E-state index in [0.717, 1.165) is 11.7 Å². The van der Waals surface area contributed by atoms with Crippen LogP contribution in [-0.4, -0.2) is 7.11 Å². The van der Waals surface area contributed by atoms with Crippen LogP contribution in [0.2, 0.25) is 0 Å². The lowest BCUT2D eigenvalue weighted by Gasteiger charge is -2.06. The van der Waals surface area contributed by atoms with Crippen LogP contribution in [0.25, 0.3) is 10.8 Å². The van der Waals surface area contributed by atoms with Gasteiger partial charge < -0.3 is 4.74 Å². The molecule has 0 unspecified atom stereocenters. The van der Waals surface area contributed by atoms with Gasteiger partial charge in [0.2, 0.25) is 0 Å². The average Bonchev–Trinajstić information content (AvgIpc) is 3.11. The van der Waals surface area contributed by atoms with Gasteiger partial charge in [-0.1, -0.05) is 24.3 Å². The highest BCUT2D eigenvalue weighted by atomic mass is 16.5. The second kappa shape index (κ2) is 3.27. The molecule has 0 atom stereocenters. The lowest BCUT2D eigenvalue weighted by Crippen LogP contribution is -1.85. The third-order valence-electron chi connectivity index (χ3n) is 3.14. The SMILES string of the molecule is COc1ccc2c(C3CC3)cccc2c1. The Kier molecular flexibility index (Phi) is 1.91. The molecule has 1 heteroatoms. The van der Waals surface area contributed by atoms with Gasteiger partial charge in [-0.05, 0) is 47.2 Å². The van der Waals surface area contributed by atoms with E-state index in [1.165, 1.54) is 29.2 Å². The van der Waals surface area contributed by atoms with Crippen molar-refractivity contribution in [1.29, 1.82) is 0 Å². The molecule has 76 valence electrons. The van der Waals surface area contributed by atoms with Crippen molar-refractivity contribution in [2.24, 2.45) is 0 Å². The summed E-state index contributed by atoms with van der Waals surface area (Å²) in [6.07, 6.45) is 2.70. The molecule has 1 aliphatic carbocycles. The van der Waals surface area contributed by atoms with E-state index in [2.05, 4.69) is 30.3 Å². The number of fused-ring (bicyclic) bond motifs is 1. The Morgan fingerprint density at radius 2 is 2.00 bits per heavy atom. The van der Waals surface area contributed by atoms with Crippen LogP contribution in [0.3, 0.4) is 0 Å². The monoisotopic (exact) mass is 198 g/mol. The van der Waals surface area contributed by atoms with Crippen molar-refractivity contribution in [1.82, 2.24) is 0 Å². The lowest BCUT2D eigenvalue weighted by atomic mass is 10.0. The summed E-state index contributed by atoms with van der Waals surface area (Å²) in [5, 5.41) is 2.68. The zero-order valence-corrected chi connectivity index (χ0v) is 8.86. The van der Waals surface area contributed by atoms with Gasteiger partial charge in [0.15, 0.2) is 0 Å². The van der Waals surface area contributed by atoms with Crippen LogP contribution in [0.4, 0.5) is 0 Å². The van der Waals surface area contributed by atoms with Gasteiger partial charge >= 0.3 is 0 Å². The highest BCUT2D eigenvalue weighted by molar-refractivity contribution is 5.87. The summed E-state index contributed by atoms with van der Waals surface area (Å²) < 4.78 is 5.24. The molecule has 0 aliphatic heterocycles. The number of rotatable bonds is 2. The molecule has 0 heterocycles. The topological polar surface area (TPSA) is 9.23 Å². The van der Waals surface area contributed by atoms with Gasteiger partial charge in [0, 0.05) is 0 Å². The normalized spacial score (nSPS) is 15.5. The quantitative estimate of drug-likeness (QED) is 0.714. The van der Waals surface area contributed by atoms with Crippen LogP contribution >= 0.6 is 0 Å². The molecule has 0 aromatic heterocycles. The van der Waals surface area contributed by atoms with Crippen LogP contribution in [0, 0.1) is 0 Å². The van der Waals surface area contributed by atoms with Crippen molar-refractivity contribution in [2.75, 3.05) is 7.11 Å². The molecule has 15 heavy (non-hydrogen) atoms. The maximum absolute atomic E-state index is 5.24. The highest BCUT2D eigenvalue weighted by Crippen LogP contribution is 2.43. The van der Waals surface area contributed by atoms with Crippen molar-refractivity contribution < 1.29 is 4.74 Å². The first-order valence-electron chi connectivity index (χ1n) is 5.45. The minimum absolute atomic E-state index is 0.807. The lowest BCUT2D eigenvalue weighted by molar-refractivity contribution is 0.415. The minimum atomic E-state index is 0.807. The fourth-order valence-electron chi connectivity index (χ4n) is 2.16. The van der Waals surface area contributed by atoms with Crippen molar-refractivity contribution in [3.05, 3.63) is 42.0 Å². The number of hydrogen-bond acceptors (Lipinski definition) is 1. The first-order valence-corrected chi connectivity index (χ1v) is 5.45. The summed E-state index contributed by atoms with van der Waals surface area (Å²) in [7, 11) is 1.71. The summed E-state index contributed by atoms with van der Waals surface area (Å²) in [6, 6.07) is 12.9. The summed E-state index contributed by atoms with van der Waals surface area (Å²) in [4.78, 5) is 0. The Hall–Kier alpha value is -1.50. The number of methoxy groups -OCH3 is 1. The highest BCUT2D eigenvalue weighted by Gasteiger charge is 2.24. The molecule has 1 saturated carbocycles. The van der Waals surface area contributed by atoms with E-state index in [-0.39, 0.29) is 0 Å². The van der Waals surface area contributed by atoms with E-state index >= 15 is 0 Å². The van der Waals surface area contributed by atoms with Crippen LogP contribution in [0.1, 0.15) is 24.3 Å². The Bertz CT molecular complexity index is 498. The van der Waals surface area contributed by atoms with E-state index < -0.39 is 0 Å². The Balaban J connectivity index is 2.21. The summed E-state index contributed by atoms with van der Waals surface area (Å²) in [5.74, 6) is 1.75. The van der Waals surface area contributed by atoms with Crippen LogP contribution < -0.4 is 4.74 Å². The van der Waals surface area contributed by atoms with E-state index in [4.69, 9.17) is 4.74 Å². The molecule has 2 aromatic rings. The zero-order valence-electron chi connectivity index (χ0n) is 8.86. The third-order valence-corrected chi connectivity index (χ3v) is 3.14. The fourth-order valence-corrected chi connectivity index (χ4v) is 2.16. The van der Waals surface area contributed by atoms with E-state index in [1.54, 1.807) is 7.11 Å². The molecule has 0 radical (unpaired) electrons. The molecule has 0 N–H and O–H groups in total. The zero-order chi connectivity index (χ0) is 10.3. The van der Waals surface area contributed by atoms with Gasteiger partial charge in [-0.15, -0.1) is 0 Å². The number of hydrogen-bond donors (Lipinski definition) is 0. The summed E-state index contributed by atoms with van der Waals surface area (Å²) >= 11 is 0. The first-order chi connectivity index (χ1) is 7.38. The predicted octanol–water partition coefficient (Wildman–Crippen LogP) is 3.73. The molecular weight excluding hydrogens is 184 g/mol. The average molecular weight is 198 g/mol. The Morgan fingerprint density at radius 1 is 1.13 bits per heavy atom. The van der Waals surface area contributed by atoms with Crippen molar-refractivity contribution in [3.63, 3.8) is 0 Å². The fraction of sp³-hybridized carbons (Fsp3) is 0.286.